The van der Waals surface area contributed by atoms with E-state index in [1.807, 2.05) is 0 Å². The summed E-state index contributed by atoms with van der Waals surface area (Å²) in [5.74, 6) is 0. The van der Waals surface area contributed by atoms with E-state index in [1.165, 1.54) is 7.11 Å². The standard InChI is InChI=1S/C7H12O3/c1-6(4-8)7(2)10-5-9-3/h4,7H,1,5H2,2-3H3/t7-/m0/s1. The molecule has 1 atom stereocenters. The Morgan fingerprint density at radius 3 is 2.80 bits per heavy atom. The topological polar surface area (TPSA) is 35.5 Å². The van der Waals surface area contributed by atoms with Gasteiger partial charge in [0.1, 0.15) is 13.1 Å². The first-order valence-corrected chi connectivity index (χ1v) is 2.97. The minimum Gasteiger partial charge on any atom is -0.359 e. The van der Waals surface area contributed by atoms with Crippen molar-refractivity contribution < 1.29 is 14.3 Å². The highest BCUT2D eigenvalue weighted by Gasteiger charge is 2.03. The molecular formula is C7H12O3. The summed E-state index contributed by atoms with van der Waals surface area (Å²) in [7, 11) is 1.52. The Hall–Kier alpha value is -0.670. The van der Waals surface area contributed by atoms with Crippen LogP contribution in [-0.2, 0) is 14.3 Å². The molecule has 0 amide bonds. The molecule has 0 aromatic rings. The van der Waals surface area contributed by atoms with Crippen LogP contribution in [-0.4, -0.2) is 26.3 Å². The molecule has 0 spiro atoms. The van der Waals surface area contributed by atoms with Crippen LogP contribution >= 0.6 is 0 Å². The van der Waals surface area contributed by atoms with E-state index in [9.17, 15) is 4.79 Å². The minimum atomic E-state index is -0.252. The van der Waals surface area contributed by atoms with Crippen molar-refractivity contribution in [2.24, 2.45) is 0 Å². The number of rotatable bonds is 5. The molecule has 0 saturated carbocycles. The maximum Gasteiger partial charge on any atom is 0.148 e. The Balaban J connectivity index is 3.51. The van der Waals surface area contributed by atoms with Crippen molar-refractivity contribution in [1.82, 2.24) is 0 Å². The number of hydrogen-bond donors (Lipinski definition) is 0. The van der Waals surface area contributed by atoms with Gasteiger partial charge in [-0.1, -0.05) is 6.58 Å². The molecule has 0 radical (unpaired) electrons. The molecular weight excluding hydrogens is 132 g/mol. The fourth-order valence-corrected chi connectivity index (χ4v) is 0.373. The van der Waals surface area contributed by atoms with E-state index in [2.05, 4.69) is 11.3 Å². The second-order valence-corrected chi connectivity index (χ2v) is 1.91. The zero-order chi connectivity index (χ0) is 7.98. The lowest BCUT2D eigenvalue weighted by atomic mass is 10.2. The highest BCUT2D eigenvalue weighted by molar-refractivity contribution is 5.73. The van der Waals surface area contributed by atoms with Crippen molar-refractivity contribution in [1.29, 1.82) is 0 Å². The number of carbonyl (C=O) groups is 1. The van der Waals surface area contributed by atoms with Gasteiger partial charge in [0.05, 0.1) is 6.10 Å². The van der Waals surface area contributed by atoms with E-state index < -0.39 is 0 Å². The average Bonchev–Trinajstić information content (AvgIpc) is 1.98. The van der Waals surface area contributed by atoms with Gasteiger partial charge in [-0.25, -0.2) is 0 Å². The van der Waals surface area contributed by atoms with Crippen LogP contribution in [0.4, 0.5) is 0 Å². The number of methoxy groups -OCH3 is 1. The lowest BCUT2D eigenvalue weighted by Gasteiger charge is -2.09. The highest BCUT2D eigenvalue weighted by Crippen LogP contribution is 1.99. The van der Waals surface area contributed by atoms with Gasteiger partial charge in [0, 0.05) is 12.7 Å². The van der Waals surface area contributed by atoms with Crippen LogP contribution in [0.5, 0.6) is 0 Å². The normalized spacial score (nSPS) is 12.6. The molecule has 3 nitrogen and oxygen atoms in total. The summed E-state index contributed by atoms with van der Waals surface area (Å²) >= 11 is 0. The number of aldehydes is 1. The molecule has 10 heavy (non-hydrogen) atoms. The summed E-state index contributed by atoms with van der Waals surface area (Å²) in [6, 6.07) is 0. The van der Waals surface area contributed by atoms with Crippen LogP contribution < -0.4 is 0 Å². The van der Waals surface area contributed by atoms with Crippen LogP contribution in [0, 0.1) is 0 Å². The number of carbonyl (C=O) groups excluding carboxylic acids is 1. The summed E-state index contributed by atoms with van der Waals surface area (Å²) in [6.07, 6.45) is 0.429. The van der Waals surface area contributed by atoms with E-state index in [-0.39, 0.29) is 12.9 Å². The molecule has 0 unspecified atom stereocenters. The summed E-state index contributed by atoms with van der Waals surface area (Å²) in [5.41, 5.74) is 0.428. The van der Waals surface area contributed by atoms with Gasteiger partial charge in [-0.05, 0) is 6.92 Å². The van der Waals surface area contributed by atoms with Crippen molar-refractivity contribution in [3.05, 3.63) is 12.2 Å². The van der Waals surface area contributed by atoms with Gasteiger partial charge < -0.3 is 9.47 Å². The molecule has 0 aromatic carbocycles. The summed E-state index contributed by atoms with van der Waals surface area (Å²) in [4.78, 5) is 10.1. The highest BCUT2D eigenvalue weighted by atomic mass is 16.7. The van der Waals surface area contributed by atoms with Crippen molar-refractivity contribution in [2.75, 3.05) is 13.9 Å². The Bertz CT molecular complexity index is 120. The van der Waals surface area contributed by atoms with Crippen LogP contribution in [0.3, 0.4) is 0 Å². The molecule has 0 rings (SSSR count). The average molecular weight is 144 g/mol. The first kappa shape index (κ1) is 9.33. The first-order valence-electron chi connectivity index (χ1n) is 2.97. The van der Waals surface area contributed by atoms with Gasteiger partial charge >= 0.3 is 0 Å². The van der Waals surface area contributed by atoms with E-state index in [1.54, 1.807) is 6.92 Å². The van der Waals surface area contributed by atoms with Crippen molar-refractivity contribution >= 4 is 6.29 Å². The van der Waals surface area contributed by atoms with Crippen molar-refractivity contribution in [3.8, 4) is 0 Å². The van der Waals surface area contributed by atoms with Crippen molar-refractivity contribution in [3.63, 3.8) is 0 Å². The van der Waals surface area contributed by atoms with Crippen LogP contribution in [0.1, 0.15) is 6.92 Å². The molecule has 0 heterocycles. The molecule has 0 aromatic heterocycles. The zero-order valence-electron chi connectivity index (χ0n) is 6.29. The van der Waals surface area contributed by atoms with Gasteiger partial charge in [-0.3, -0.25) is 4.79 Å². The first-order chi connectivity index (χ1) is 4.72. The van der Waals surface area contributed by atoms with E-state index in [0.717, 1.165) is 0 Å². The van der Waals surface area contributed by atoms with Gasteiger partial charge in [0.25, 0.3) is 0 Å². The third-order valence-corrected chi connectivity index (χ3v) is 1.11. The molecule has 0 fully saturated rings. The third kappa shape index (κ3) is 3.37. The summed E-state index contributed by atoms with van der Waals surface area (Å²) in [6.45, 7) is 5.41. The third-order valence-electron chi connectivity index (χ3n) is 1.11. The molecule has 0 saturated heterocycles. The van der Waals surface area contributed by atoms with Gasteiger partial charge in [0.2, 0.25) is 0 Å². The smallest absolute Gasteiger partial charge is 0.148 e. The fourth-order valence-electron chi connectivity index (χ4n) is 0.373. The Morgan fingerprint density at radius 1 is 1.80 bits per heavy atom. The van der Waals surface area contributed by atoms with Crippen molar-refractivity contribution in [2.45, 2.75) is 13.0 Å². The number of hydrogen-bond acceptors (Lipinski definition) is 3. The molecule has 58 valence electrons. The Kier molecular flexibility index (Phi) is 4.80. The van der Waals surface area contributed by atoms with E-state index in [4.69, 9.17) is 4.74 Å². The molecule has 0 aliphatic heterocycles. The second-order valence-electron chi connectivity index (χ2n) is 1.91. The Morgan fingerprint density at radius 2 is 2.40 bits per heavy atom. The minimum absolute atomic E-state index is 0.189. The van der Waals surface area contributed by atoms with Gasteiger partial charge in [-0.15, -0.1) is 0 Å². The zero-order valence-corrected chi connectivity index (χ0v) is 6.29. The predicted octanol–water partition coefficient (Wildman–Crippen LogP) is 0.750. The monoisotopic (exact) mass is 144 g/mol. The fraction of sp³-hybridized carbons (Fsp3) is 0.571. The van der Waals surface area contributed by atoms with Crippen LogP contribution in [0.2, 0.25) is 0 Å². The lowest BCUT2D eigenvalue weighted by molar-refractivity contribution is -0.107. The maximum absolute atomic E-state index is 10.1. The van der Waals surface area contributed by atoms with Gasteiger partial charge in [-0.2, -0.15) is 0 Å². The Labute approximate surface area is 60.6 Å². The van der Waals surface area contributed by atoms with Crippen LogP contribution in [0.15, 0.2) is 12.2 Å². The van der Waals surface area contributed by atoms with E-state index >= 15 is 0 Å². The molecule has 0 aliphatic rings. The second kappa shape index (κ2) is 5.14. The predicted molar refractivity (Wildman–Crippen MR) is 37.6 cm³/mol. The molecule has 3 heteroatoms. The number of ether oxygens (including phenoxy) is 2. The van der Waals surface area contributed by atoms with E-state index in [0.29, 0.717) is 11.9 Å². The molecule has 0 aliphatic carbocycles. The lowest BCUT2D eigenvalue weighted by Crippen LogP contribution is -2.13. The molecule has 0 N–H and O–H groups in total. The van der Waals surface area contributed by atoms with Crippen LogP contribution in [0.25, 0.3) is 0 Å². The largest absolute Gasteiger partial charge is 0.359 e. The SMILES string of the molecule is C=C(C=O)[C@H](C)OCOC. The quantitative estimate of drug-likeness (QED) is 0.324. The summed E-state index contributed by atoms with van der Waals surface area (Å²) in [5, 5.41) is 0. The molecule has 0 bridgehead atoms. The maximum atomic E-state index is 10.1. The van der Waals surface area contributed by atoms with Gasteiger partial charge in [0.15, 0.2) is 0 Å². The summed E-state index contributed by atoms with van der Waals surface area (Å²) < 4.78 is 9.62.